The highest BCUT2D eigenvalue weighted by Gasteiger charge is 2.07. The number of para-hydroxylation sites is 1. The molecule has 1 atom stereocenters. The molecular formula is C16H15N3O. The molecule has 0 saturated heterocycles. The lowest BCUT2D eigenvalue weighted by atomic mass is 10.1. The van der Waals surface area contributed by atoms with E-state index in [4.69, 9.17) is 5.26 Å². The molecule has 20 heavy (non-hydrogen) atoms. The number of rotatable bonds is 4. The van der Waals surface area contributed by atoms with Crippen LogP contribution in [-0.2, 0) is 0 Å². The van der Waals surface area contributed by atoms with Gasteiger partial charge in [-0.3, -0.25) is 4.79 Å². The molecule has 0 aliphatic carbocycles. The molecule has 0 radical (unpaired) electrons. The summed E-state index contributed by atoms with van der Waals surface area (Å²) in [6, 6.07) is 18.1. The van der Waals surface area contributed by atoms with Crippen LogP contribution in [0, 0.1) is 11.3 Å². The normalized spacial score (nSPS) is 11.2. The Hall–Kier alpha value is -2.80. The second kappa shape index (κ2) is 6.39. The predicted octanol–water partition coefficient (Wildman–Crippen LogP) is 3.26. The topological polar surface area (TPSA) is 64.9 Å². The van der Waals surface area contributed by atoms with E-state index in [0.29, 0.717) is 5.56 Å². The van der Waals surface area contributed by atoms with Gasteiger partial charge in [0.2, 0.25) is 0 Å². The highest BCUT2D eigenvalue weighted by atomic mass is 16.1. The average Bonchev–Trinajstić information content (AvgIpc) is 2.48. The third-order valence-corrected chi connectivity index (χ3v) is 2.73. The molecule has 0 aromatic heterocycles. The number of anilines is 2. The largest absolute Gasteiger partial charge is 0.370 e. The Balaban J connectivity index is 2.11. The summed E-state index contributed by atoms with van der Waals surface area (Å²) in [7, 11) is 0. The number of hydrogen-bond donors (Lipinski definition) is 2. The number of carbonyl (C=O) groups is 1. The monoisotopic (exact) mass is 265 g/mol. The molecule has 0 bridgehead atoms. The van der Waals surface area contributed by atoms with Crippen molar-refractivity contribution in [2.24, 2.45) is 0 Å². The van der Waals surface area contributed by atoms with Gasteiger partial charge in [0.15, 0.2) is 0 Å². The molecule has 2 N–H and O–H groups in total. The lowest BCUT2D eigenvalue weighted by Gasteiger charge is -2.10. The Labute approximate surface area is 118 Å². The molecule has 4 nitrogen and oxygen atoms in total. The van der Waals surface area contributed by atoms with Gasteiger partial charge in [0.1, 0.15) is 6.04 Å². The Morgan fingerprint density at radius 1 is 1.10 bits per heavy atom. The number of benzene rings is 2. The van der Waals surface area contributed by atoms with E-state index in [2.05, 4.69) is 16.7 Å². The van der Waals surface area contributed by atoms with Crippen molar-refractivity contribution in [3.05, 3.63) is 60.2 Å². The summed E-state index contributed by atoms with van der Waals surface area (Å²) >= 11 is 0. The van der Waals surface area contributed by atoms with Crippen LogP contribution < -0.4 is 10.6 Å². The third-order valence-electron chi connectivity index (χ3n) is 2.73. The van der Waals surface area contributed by atoms with E-state index in [1.165, 1.54) is 0 Å². The quantitative estimate of drug-likeness (QED) is 0.891. The molecule has 1 unspecified atom stereocenters. The molecular weight excluding hydrogens is 250 g/mol. The van der Waals surface area contributed by atoms with Crippen molar-refractivity contribution in [1.29, 1.82) is 5.26 Å². The van der Waals surface area contributed by atoms with Crippen LogP contribution in [0.1, 0.15) is 17.3 Å². The highest BCUT2D eigenvalue weighted by Crippen LogP contribution is 2.14. The molecule has 0 aliphatic rings. The van der Waals surface area contributed by atoms with Crippen LogP contribution in [-0.4, -0.2) is 11.9 Å². The second-order valence-corrected chi connectivity index (χ2v) is 4.40. The molecule has 2 rings (SSSR count). The van der Waals surface area contributed by atoms with Gasteiger partial charge in [-0.2, -0.15) is 5.26 Å². The van der Waals surface area contributed by atoms with Gasteiger partial charge in [-0.05, 0) is 37.3 Å². The fraction of sp³-hybridized carbons (Fsp3) is 0.125. The molecule has 2 aromatic carbocycles. The maximum absolute atomic E-state index is 12.1. The summed E-state index contributed by atoms with van der Waals surface area (Å²) in [5.41, 5.74) is 2.05. The van der Waals surface area contributed by atoms with Crippen LogP contribution in [0.4, 0.5) is 11.4 Å². The molecule has 0 spiro atoms. The van der Waals surface area contributed by atoms with Gasteiger partial charge in [0, 0.05) is 16.9 Å². The van der Waals surface area contributed by atoms with Gasteiger partial charge in [-0.1, -0.05) is 24.3 Å². The number of nitrogens with one attached hydrogen (secondary N) is 2. The average molecular weight is 265 g/mol. The SMILES string of the molecule is CC(C#N)Nc1cccc(C(=O)Nc2ccccc2)c1. The van der Waals surface area contributed by atoms with Crippen LogP contribution in [0.3, 0.4) is 0 Å². The van der Waals surface area contributed by atoms with Crippen molar-refractivity contribution in [2.75, 3.05) is 10.6 Å². The Morgan fingerprint density at radius 3 is 2.50 bits per heavy atom. The summed E-state index contributed by atoms with van der Waals surface area (Å²) in [6.45, 7) is 1.76. The van der Waals surface area contributed by atoms with E-state index in [-0.39, 0.29) is 11.9 Å². The smallest absolute Gasteiger partial charge is 0.255 e. The zero-order valence-corrected chi connectivity index (χ0v) is 11.1. The maximum atomic E-state index is 12.1. The highest BCUT2D eigenvalue weighted by molar-refractivity contribution is 6.04. The Morgan fingerprint density at radius 2 is 1.80 bits per heavy atom. The Kier molecular flexibility index (Phi) is 4.35. The van der Waals surface area contributed by atoms with Crippen LogP contribution in [0.15, 0.2) is 54.6 Å². The summed E-state index contributed by atoms with van der Waals surface area (Å²) < 4.78 is 0. The predicted molar refractivity (Wildman–Crippen MR) is 79.5 cm³/mol. The van der Waals surface area contributed by atoms with E-state index in [1.807, 2.05) is 36.4 Å². The number of nitrogens with zero attached hydrogens (tertiary/aromatic N) is 1. The van der Waals surface area contributed by atoms with Gasteiger partial charge < -0.3 is 10.6 Å². The lowest BCUT2D eigenvalue weighted by molar-refractivity contribution is 0.102. The minimum Gasteiger partial charge on any atom is -0.370 e. The molecule has 4 heteroatoms. The van der Waals surface area contributed by atoms with Gasteiger partial charge in [0.25, 0.3) is 5.91 Å². The lowest BCUT2D eigenvalue weighted by Crippen LogP contribution is -2.14. The molecule has 1 amide bonds. The van der Waals surface area contributed by atoms with Crippen molar-refractivity contribution in [3.8, 4) is 6.07 Å². The van der Waals surface area contributed by atoms with Gasteiger partial charge in [-0.25, -0.2) is 0 Å². The first-order valence-corrected chi connectivity index (χ1v) is 6.31. The standard InChI is InChI=1S/C16H15N3O/c1-12(11-17)18-15-9-5-6-13(10-15)16(20)19-14-7-3-2-4-8-14/h2-10,12,18H,1H3,(H,19,20). The van der Waals surface area contributed by atoms with Crippen molar-refractivity contribution < 1.29 is 4.79 Å². The van der Waals surface area contributed by atoms with E-state index in [9.17, 15) is 4.79 Å². The zero-order valence-electron chi connectivity index (χ0n) is 11.1. The van der Waals surface area contributed by atoms with Crippen molar-refractivity contribution >= 4 is 17.3 Å². The van der Waals surface area contributed by atoms with E-state index >= 15 is 0 Å². The molecule has 100 valence electrons. The molecule has 0 aliphatic heterocycles. The second-order valence-electron chi connectivity index (χ2n) is 4.40. The van der Waals surface area contributed by atoms with E-state index < -0.39 is 0 Å². The van der Waals surface area contributed by atoms with E-state index in [0.717, 1.165) is 11.4 Å². The maximum Gasteiger partial charge on any atom is 0.255 e. The number of hydrogen-bond acceptors (Lipinski definition) is 3. The van der Waals surface area contributed by atoms with E-state index in [1.54, 1.807) is 25.1 Å². The zero-order chi connectivity index (χ0) is 14.4. The van der Waals surface area contributed by atoms with Crippen LogP contribution in [0.5, 0.6) is 0 Å². The molecule has 0 fully saturated rings. The van der Waals surface area contributed by atoms with Gasteiger partial charge in [0.05, 0.1) is 6.07 Å². The molecule has 0 heterocycles. The summed E-state index contributed by atoms with van der Waals surface area (Å²) in [4.78, 5) is 12.1. The van der Waals surface area contributed by atoms with Gasteiger partial charge >= 0.3 is 0 Å². The number of amides is 1. The minimum atomic E-state index is -0.303. The van der Waals surface area contributed by atoms with Gasteiger partial charge in [-0.15, -0.1) is 0 Å². The first-order chi connectivity index (χ1) is 9.69. The fourth-order valence-electron chi connectivity index (χ4n) is 1.76. The molecule has 0 saturated carbocycles. The van der Waals surface area contributed by atoms with Crippen molar-refractivity contribution in [3.63, 3.8) is 0 Å². The van der Waals surface area contributed by atoms with Crippen molar-refractivity contribution in [2.45, 2.75) is 13.0 Å². The van der Waals surface area contributed by atoms with Crippen molar-refractivity contribution in [1.82, 2.24) is 0 Å². The first-order valence-electron chi connectivity index (χ1n) is 6.31. The van der Waals surface area contributed by atoms with Crippen LogP contribution in [0.2, 0.25) is 0 Å². The van der Waals surface area contributed by atoms with Crippen LogP contribution >= 0.6 is 0 Å². The number of carbonyl (C=O) groups excluding carboxylic acids is 1. The first kappa shape index (κ1) is 13.6. The summed E-state index contributed by atoms with van der Waals surface area (Å²) in [5, 5.41) is 14.6. The Bertz CT molecular complexity index is 632. The van der Waals surface area contributed by atoms with Crippen LogP contribution in [0.25, 0.3) is 0 Å². The minimum absolute atomic E-state index is 0.176. The summed E-state index contributed by atoms with van der Waals surface area (Å²) in [5.74, 6) is -0.176. The molecule has 2 aromatic rings. The fourth-order valence-corrected chi connectivity index (χ4v) is 1.76. The summed E-state index contributed by atoms with van der Waals surface area (Å²) in [6.07, 6.45) is 0. The number of nitriles is 1. The third kappa shape index (κ3) is 3.59.